The van der Waals surface area contributed by atoms with Crippen molar-refractivity contribution in [1.29, 1.82) is 0 Å². The van der Waals surface area contributed by atoms with E-state index in [1.807, 2.05) is 46.9 Å². The van der Waals surface area contributed by atoms with Gasteiger partial charge in [0.2, 0.25) is 5.91 Å². The monoisotopic (exact) mass is 846 g/mol. The van der Waals surface area contributed by atoms with Gasteiger partial charge >= 0.3 is 0 Å². The Kier molecular flexibility index (Phi) is 12.2. The predicted molar refractivity (Wildman–Crippen MR) is 230 cm³/mol. The first-order valence-electron chi connectivity index (χ1n) is 21.7. The Hall–Kier alpha value is -5.82. The molecule has 5 aromatic rings. The molecule has 3 aliphatic carbocycles. The van der Waals surface area contributed by atoms with Gasteiger partial charge in [0.15, 0.2) is 11.6 Å². The smallest absolute Gasteiger partial charge is 0.244 e. The van der Waals surface area contributed by atoms with Crippen LogP contribution in [0.3, 0.4) is 0 Å². The van der Waals surface area contributed by atoms with Gasteiger partial charge < -0.3 is 39.9 Å². The quantitative estimate of drug-likeness (QED) is 0.0998. The van der Waals surface area contributed by atoms with E-state index in [4.69, 9.17) is 34.4 Å². The van der Waals surface area contributed by atoms with Gasteiger partial charge in [-0.1, -0.05) is 0 Å². The molecule has 0 bridgehead atoms. The van der Waals surface area contributed by atoms with Crippen molar-refractivity contribution in [3.8, 4) is 34.5 Å². The number of aryl methyl sites for hydroxylation is 2. The Balaban J connectivity index is 0.911. The number of aromatic nitrogens is 8. The van der Waals surface area contributed by atoms with Crippen LogP contribution in [-0.4, -0.2) is 139 Å². The molecule has 1 saturated heterocycles. The van der Waals surface area contributed by atoms with E-state index in [1.54, 1.807) is 24.5 Å². The van der Waals surface area contributed by atoms with Crippen molar-refractivity contribution in [2.75, 3.05) is 81.8 Å². The summed E-state index contributed by atoms with van der Waals surface area (Å²) in [7, 11) is 3.82. The van der Waals surface area contributed by atoms with E-state index in [0.717, 1.165) is 91.8 Å². The summed E-state index contributed by atoms with van der Waals surface area (Å²) in [4.78, 5) is 48.7. The van der Waals surface area contributed by atoms with E-state index in [1.165, 1.54) is 0 Å². The minimum atomic E-state index is -0.785. The number of nitrogens with one attached hydrogen (secondary N) is 1. The van der Waals surface area contributed by atoms with Gasteiger partial charge in [-0.15, -0.1) is 0 Å². The number of carbonyl (C=O) groups is 1. The molecule has 1 amide bonds. The minimum absolute atomic E-state index is 0.0165. The Bertz CT molecular complexity index is 2410. The Morgan fingerprint density at radius 2 is 1.53 bits per heavy atom. The van der Waals surface area contributed by atoms with Crippen LogP contribution >= 0.6 is 0 Å². The highest BCUT2D eigenvalue weighted by molar-refractivity contribution is 5.93. The number of ether oxygens (including phenoxy) is 2. The molecule has 6 heterocycles. The maximum absolute atomic E-state index is 13.2. The predicted octanol–water partition coefficient (Wildman–Crippen LogP) is 2.96. The maximum Gasteiger partial charge on any atom is 0.244 e. The fraction of sp³-hybridized carbons (Fsp3) is 0.500. The van der Waals surface area contributed by atoms with Gasteiger partial charge in [-0.3, -0.25) is 19.4 Å². The average Bonchev–Trinajstić information content (AvgIpc) is 3.72. The van der Waals surface area contributed by atoms with E-state index in [0.29, 0.717) is 71.7 Å². The van der Waals surface area contributed by atoms with Crippen LogP contribution in [0.25, 0.3) is 23.0 Å². The highest BCUT2D eigenvalue weighted by Crippen LogP contribution is 2.37. The molecule has 9 rings (SSSR count). The van der Waals surface area contributed by atoms with Gasteiger partial charge in [0, 0.05) is 91.9 Å². The van der Waals surface area contributed by atoms with Crippen molar-refractivity contribution in [1.82, 2.24) is 44.6 Å². The van der Waals surface area contributed by atoms with Crippen LogP contribution in [0.4, 0.5) is 17.3 Å². The number of anilines is 3. The van der Waals surface area contributed by atoms with Gasteiger partial charge in [-0.25, -0.2) is 24.9 Å². The summed E-state index contributed by atoms with van der Waals surface area (Å²) in [6, 6.07) is 7.66. The molecule has 62 heavy (non-hydrogen) atoms. The first kappa shape index (κ1) is 41.5. The van der Waals surface area contributed by atoms with E-state index in [9.17, 15) is 20.1 Å². The van der Waals surface area contributed by atoms with Crippen LogP contribution < -0.4 is 24.6 Å². The number of likely N-dealkylation sites (N-methyl/N-ethyl adjacent to an activating group) is 2. The van der Waals surface area contributed by atoms with Gasteiger partial charge in [0.1, 0.15) is 54.0 Å². The lowest BCUT2D eigenvalue weighted by Crippen LogP contribution is -2.42. The number of aliphatic hydroxyl groups excluding tert-OH is 3. The highest BCUT2D eigenvalue weighted by Gasteiger charge is 2.33. The summed E-state index contributed by atoms with van der Waals surface area (Å²) in [5.41, 5.74) is 6.67. The van der Waals surface area contributed by atoms with E-state index < -0.39 is 6.23 Å². The molecule has 2 fully saturated rings. The first-order chi connectivity index (χ1) is 30.2. The van der Waals surface area contributed by atoms with Crippen molar-refractivity contribution < 1.29 is 29.6 Å². The lowest BCUT2D eigenvalue weighted by molar-refractivity contribution is -0.114. The largest absolute Gasteiger partial charge is 0.491 e. The van der Waals surface area contributed by atoms with Crippen LogP contribution in [0.2, 0.25) is 0 Å². The number of amides is 1. The fourth-order valence-electron chi connectivity index (χ4n) is 8.75. The average molecular weight is 847 g/mol. The van der Waals surface area contributed by atoms with Crippen molar-refractivity contribution >= 4 is 23.2 Å². The van der Waals surface area contributed by atoms with Crippen LogP contribution in [0.5, 0.6) is 11.5 Å². The molecule has 4 aliphatic rings. The summed E-state index contributed by atoms with van der Waals surface area (Å²) in [6.07, 6.45) is 12.7. The third-order valence-electron chi connectivity index (χ3n) is 12.0. The Labute approximate surface area is 360 Å². The molecule has 0 aromatic carbocycles. The summed E-state index contributed by atoms with van der Waals surface area (Å²) in [6.45, 7) is 1.70. The summed E-state index contributed by atoms with van der Waals surface area (Å²) >= 11 is 0. The molecular weight excluding hydrogens is 793 g/mol. The molecular formula is C44H54N12O6. The Morgan fingerprint density at radius 1 is 0.855 bits per heavy atom. The molecule has 0 spiro atoms. The van der Waals surface area contributed by atoms with Gasteiger partial charge in [-0.2, -0.15) is 5.10 Å². The zero-order chi connectivity index (χ0) is 42.7. The lowest BCUT2D eigenvalue weighted by atomic mass is 10.0. The topological polar surface area (TPSA) is 213 Å². The lowest BCUT2D eigenvalue weighted by Gasteiger charge is -2.29. The number of likely N-dealkylation sites (tertiary alicyclic amines) is 1. The van der Waals surface area contributed by atoms with Crippen LogP contribution in [0.1, 0.15) is 72.3 Å². The third kappa shape index (κ3) is 9.18. The molecule has 4 N–H and O–H groups in total. The van der Waals surface area contributed by atoms with Gasteiger partial charge in [-0.05, 0) is 63.9 Å². The molecule has 18 heteroatoms. The molecule has 5 aromatic heterocycles. The summed E-state index contributed by atoms with van der Waals surface area (Å²) < 4.78 is 13.5. The van der Waals surface area contributed by atoms with Crippen LogP contribution in [-0.2, 0) is 30.5 Å². The second-order valence-corrected chi connectivity index (χ2v) is 16.6. The van der Waals surface area contributed by atoms with Gasteiger partial charge in [0.25, 0.3) is 0 Å². The second-order valence-electron chi connectivity index (χ2n) is 16.6. The molecule has 1 aliphatic heterocycles. The number of rotatable bonds is 18. The number of hydrogen-bond acceptors (Lipinski definition) is 16. The fourth-order valence-corrected chi connectivity index (χ4v) is 8.75. The van der Waals surface area contributed by atoms with E-state index in [2.05, 4.69) is 20.3 Å². The Morgan fingerprint density at radius 3 is 2.24 bits per heavy atom. The number of carbonyl (C=O) groups excluding carboxylic acids is 1. The zero-order valence-electron chi connectivity index (χ0n) is 35.3. The SMILES string of the molecule is CN(CC(O)N1CCC(c2cc(OCCO)cc(-c3nc4c(c(N(C)CC(=O)Nc5cnn(C6CC6)c5)n3)CCC4)n2)C1)c1nc(-c2cc(OCCO)ccn2)nc2c1CCC2. The number of aliphatic hydroxyl groups is 3. The van der Waals surface area contributed by atoms with Gasteiger partial charge in [0.05, 0.1) is 44.2 Å². The maximum atomic E-state index is 13.2. The minimum Gasteiger partial charge on any atom is -0.491 e. The highest BCUT2D eigenvalue weighted by atomic mass is 16.5. The van der Waals surface area contributed by atoms with E-state index in [-0.39, 0.29) is 44.8 Å². The van der Waals surface area contributed by atoms with Crippen molar-refractivity contribution in [2.45, 2.75) is 76.0 Å². The number of fused-ring (bicyclic) bond motifs is 2. The van der Waals surface area contributed by atoms with Crippen LogP contribution in [0, 0.1) is 0 Å². The molecule has 2 atom stereocenters. The summed E-state index contributed by atoms with van der Waals surface area (Å²) in [5, 5.41) is 37.9. The molecule has 1 saturated carbocycles. The van der Waals surface area contributed by atoms with Crippen molar-refractivity contribution in [2.24, 2.45) is 0 Å². The van der Waals surface area contributed by atoms with Crippen molar-refractivity contribution in [3.05, 3.63) is 71.1 Å². The number of nitrogens with zero attached hydrogens (tertiary/aromatic N) is 11. The number of hydrogen-bond donors (Lipinski definition) is 4. The normalized spacial score (nSPS) is 17.5. The third-order valence-corrected chi connectivity index (χ3v) is 12.0. The molecule has 0 radical (unpaired) electrons. The molecule has 2 unspecified atom stereocenters. The van der Waals surface area contributed by atoms with E-state index >= 15 is 0 Å². The first-order valence-corrected chi connectivity index (χ1v) is 21.7. The molecule has 326 valence electrons. The molecule has 18 nitrogen and oxygen atoms in total. The zero-order valence-corrected chi connectivity index (χ0v) is 35.3. The van der Waals surface area contributed by atoms with Crippen molar-refractivity contribution in [3.63, 3.8) is 0 Å². The number of pyridine rings is 2. The summed E-state index contributed by atoms with van der Waals surface area (Å²) in [5.74, 6) is 3.37. The second kappa shape index (κ2) is 18.3. The van der Waals surface area contributed by atoms with Crippen LogP contribution in [0.15, 0.2) is 42.9 Å². The standard InChI is InChI=1S/C44H54N12O6/c1-53(25-39(59)47-28-22-46-56(24-28)29-9-10-29)43-32-5-3-8-35(32)50-42(52-43)38-21-31(62-18-16-58)20-36(48-38)27-12-14-55(23-27)40(60)26-54(2)44-33-6-4-7-34(33)49-41(51-44)37-19-30(11-13-45-37)61-17-15-57/h11,13,19-22,24,27,29,40,57-58,60H,3-10,12,14-18,23,25-26H2,1-2H3,(H,47,59).